The number of amidine groups is 1. The summed E-state index contributed by atoms with van der Waals surface area (Å²) in [7, 11) is 1.54. The highest BCUT2D eigenvalue weighted by molar-refractivity contribution is 9.11. The van der Waals surface area contributed by atoms with Crippen LogP contribution in [-0.2, 0) is 6.54 Å². The van der Waals surface area contributed by atoms with Gasteiger partial charge in [-0.15, -0.1) is 11.3 Å². The largest absolute Gasteiger partial charge is 0.496 e. The summed E-state index contributed by atoms with van der Waals surface area (Å²) in [6, 6.07) is 5.10. The van der Waals surface area contributed by atoms with Crippen molar-refractivity contribution >= 4 is 56.0 Å². The zero-order valence-corrected chi connectivity index (χ0v) is 17.4. The Kier molecular flexibility index (Phi) is 6.21. The van der Waals surface area contributed by atoms with Crippen LogP contribution in [0.3, 0.4) is 0 Å². The van der Waals surface area contributed by atoms with E-state index in [-0.39, 0.29) is 5.84 Å². The topological polar surface area (TPSA) is 75.6 Å². The van der Waals surface area contributed by atoms with Crippen LogP contribution < -0.4 is 9.54 Å². The van der Waals surface area contributed by atoms with Crippen molar-refractivity contribution in [3.63, 3.8) is 0 Å². The molecule has 26 heavy (non-hydrogen) atoms. The van der Waals surface area contributed by atoms with E-state index in [4.69, 9.17) is 21.6 Å². The molecular formula is C16H11BrClN5OS2. The maximum absolute atomic E-state index is 9.10. The van der Waals surface area contributed by atoms with E-state index in [1.54, 1.807) is 37.0 Å². The Balaban J connectivity index is 2.11. The number of thiazole rings is 2. The fourth-order valence-corrected chi connectivity index (χ4v) is 4.30. The highest BCUT2D eigenvalue weighted by atomic mass is 79.9. The molecule has 0 amide bonds. The number of aromatic nitrogens is 2. The van der Waals surface area contributed by atoms with Gasteiger partial charge in [0.15, 0.2) is 10.6 Å². The van der Waals surface area contributed by atoms with Crippen molar-refractivity contribution in [3.8, 4) is 11.9 Å². The number of rotatable bonds is 4. The molecular weight excluding hydrogens is 458 g/mol. The lowest BCUT2D eigenvalue weighted by molar-refractivity contribution is 0.414. The van der Waals surface area contributed by atoms with Crippen LogP contribution in [0.4, 0.5) is 0 Å². The van der Waals surface area contributed by atoms with Gasteiger partial charge in [0, 0.05) is 16.6 Å². The summed E-state index contributed by atoms with van der Waals surface area (Å²) in [6.45, 7) is 0.566. The Morgan fingerprint density at radius 3 is 3.04 bits per heavy atom. The Morgan fingerprint density at radius 2 is 2.35 bits per heavy atom. The van der Waals surface area contributed by atoms with Gasteiger partial charge < -0.3 is 9.30 Å². The summed E-state index contributed by atoms with van der Waals surface area (Å²) in [5, 5.41) is 11.6. The van der Waals surface area contributed by atoms with Gasteiger partial charge in [0.25, 0.3) is 0 Å². The predicted molar refractivity (Wildman–Crippen MR) is 107 cm³/mol. The lowest BCUT2D eigenvalue weighted by Gasteiger charge is -2.07. The third kappa shape index (κ3) is 4.40. The first kappa shape index (κ1) is 18.8. The number of nitrogens with zero attached hydrogens (tertiary/aromatic N) is 5. The van der Waals surface area contributed by atoms with E-state index in [0.29, 0.717) is 27.7 Å². The first-order valence-electron chi connectivity index (χ1n) is 7.19. The molecule has 0 aliphatic heterocycles. The van der Waals surface area contributed by atoms with E-state index in [9.17, 15) is 0 Å². The van der Waals surface area contributed by atoms with E-state index < -0.39 is 0 Å². The van der Waals surface area contributed by atoms with Gasteiger partial charge in [0.2, 0.25) is 6.19 Å². The summed E-state index contributed by atoms with van der Waals surface area (Å²) in [6.07, 6.45) is 3.72. The Labute approximate surface area is 170 Å². The van der Waals surface area contributed by atoms with Crippen LogP contribution >= 0.6 is 50.2 Å². The first-order valence-corrected chi connectivity index (χ1v) is 10.1. The lowest BCUT2D eigenvalue weighted by Crippen LogP contribution is -2.17. The van der Waals surface area contributed by atoms with Gasteiger partial charge in [-0.1, -0.05) is 22.9 Å². The molecule has 0 radical (unpaired) electrons. The number of hydrogen-bond donors (Lipinski definition) is 0. The Bertz CT molecular complexity index is 1050. The molecule has 6 nitrogen and oxygen atoms in total. The molecule has 10 heteroatoms. The molecule has 0 bridgehead atoms. The number of hydrogen-bond acceptors (Lipinski definition) is 6. The molecule has 132 valence electrons. The van der Waals surface area contributed by atoms with Crippen molar-refractivity contribution in [2.75, 3.05) is 7.11 Å². The summed E-state index contributed by atoms with van der Waals surface area (Å²) >= 11 is 12.5. The fourth-order valence-electron chi connectivity index (χ4n) is 2.18. The van der Waals surface area contributed by atoms with Crippen LogP contribution in [0.1, 0.15) is 11.3 Å². The maximum atomic E-state index is 9.10. The molecule has 0 saturated carbocycles. The number of benzene rings is 1. The van der Waals surface area contributed by atoms with Crippen LogP contribution in [0.15, 0.2) is 49.1 Å². The minimum absolute atomic E-state index is 0.230. The lowest BCUT2D eigenvalue weighted by atomic mass is 10.2. The van der Waals surface area contributed by atoms with Gasteiger partial charge in [-0.3, -0.25) is 0 Å². The molecule has 0 aliphatic carbocycles. The van der Waals surface area contributed by atoms with Crippen molar-refractivity contribution in [1.82, 2.24) is 9.55 Å². The van der Waals surface area contributed by atoms with E-state index in [1.165, 1.54) is 22.7 Å². The minimum Gasteiger partial charge on any atom is -0.496 e. The molecule has 0 aliphatic rings. The van der Waals surface area contributed by atoms with Gasteiger partial charge in [-0.2, -0.15) is 15.2 Å². The Morgan fingerprint density at radius 1 is 1.50 bits per heavy atom. The second kappa shape index (κ2) is 8.60. The maximum Gasteiger partial charge on any atom is 0.207 e. The SMILES string of the molecule is COc1ccc(Cl)cc1C(/N=c1\sc(Br)cn1Cc1cscn1)=N\C#N. The third-order valence-electron chi connectivity index (χ3n) is 3.27. The summed E-state index contributed by atoms with van der Waals surface area (Å²) in [5.41, 5.74) is 3.26. The minimum atomic E-state index is 0.230. The van der Waals surface area contributed by atoms with Crippen LogP contribution in [0.2, 0.25) is 5.02 Å². The molecule has 0 atom stereocenters. The van der Waals surface area contributed by atoms with Gasteiger partial charge in [-0.25, -0.2) is 4.98 Å². The zero-order chi connectivity index (χ0) is 18.5. The highest BCUT2D eigenvalue weighted by Crippen LogP contribution is 2.24. The quantitative estimate of drug-likeness (QED) is 0.325. The standard InChI is InChI=1S/C16H11BrClN5OS2/c1-24-13-3-2-10(18)4-12(13)15(20-8-19)22-16-23(6-14(17)26-16)5-11-7-25-9-21-11/h2-4,6-7,9H,5H2,1H3/b20-15+,22-16-. The van der Waals surface area contributed by atoms with Crippen LogP contribution in [0.5, 0.6) is 5.75 Å². The van der Waals surface area contributed by atoms with Crippen molar-refractivity contribution in [1.29, 1.82) is 5.26 Å². The monoisotopic (exact) mass is 467 g/mol. The van der Waals surface area contributed by atoms with Crippen molar-refractivity contribution in [2.45, 2.75) is 6.54 Å². The van der Waals surface area contributed by atoms with E-state index in [1.807, 2.05) is 16.1 Å². The average Bonchev–Trinajstić information content (AvgIpc) is 3.24. The van der Waals surface area contributed by atoms with Gasteiger partial charge in [0.1, 0.15) is 5.75 Å². The van der Waals surface area contributed by atoms with Gasteiger partial charge in [-0.05, 0) is 34.1 Å². The zero-order valence-electron chi connectivity index (χ0n) is 13.4. The molecule has 0 fully saturated rings. The van der Waals surface area contributed by atoms with Crippen LogP contribution in [0, 0.1) is 11.5 Å². The highest BCUT2D eigenvalue weighted by Gasteiger charge is 2.12. The molecule has 0 N–H and O–H groups in total. The van der Waals surface area contributed by atoms with Crippen LogP contribution in [-0.4, -0.2) is 22.5 Å². The van der Waals surface area contributed by atoms with Crippen LogP contribution in [0.25, 0.3) is 0 Å². The molecule has 1 aromatic carbocycles. The third-order valence-corrected chi connectivity index (χ3v) is 5.64. The normalized spacial score (nSPS) is 12.2. The fraction of sp³-hybridized carbons (Fsp3) is 0.125. The van der Waals surface area contributed by atoms with Crippen molar-refractivity contribution < 1.29 is 4.74 Å². The molecule has 2 aromatic heterocycles. The van der Waals surface area contributed by atoms with E-state index in [2.05, 4.69) is 30.9 Å². The molecule has 0 unspecified atom stereocenters. The Hall–Kier alpha value is -1.99. The van der Waals surface area contributed by atoms with Crippen molar-refractivity contribution in [2.24, 2.45) is 9.98 Å². The van der Waals surface area contributed by atoms with Gasteiger partial charge in [0.05, 0.1) is 34.2 Å². The van der Waals surface area contributed by atoms with Gasteiger partial charge >= 0.3 is 0 Å². The van der Waals surface area contributed by atoms with E-state index in [0.717, 1.165) is 9.48 Å². The predicted octanol–water partition coefficient (Wildman–Crippen LogP) is 4.31. The van der Waals surface area contributed by atoms with Crippen molar-refractivity contribution in [3.05, 3.63) is 60.2 Å². The van der Waals surface area contributed by atoms with E-state index >= 15 is 0 Å². The number of aliphatic imine (C=N–C) groups is 1. The molecule has 3 aromatic rings. The summed E-state index contributed by atoms with van der Waals surface area (Å²) in [4.78, 5) is 13.4. The molecule has 0 spiro atoms. The number of halogens is 2. The molecule has 0 saturated heterocycles. The number of nitriles is 1. The molecule has 2 heterocycles. The number of ether oxygens (including phenoxy) is 1. The smallest absolute Gasteiger partial charge is 0.207 e. The number of methoxy groups -OCH3 is 1. The average molecular weight is 469 g/mol. The second-order valence-corrected chi connectivity index (χ2v) is 8.46. The first-order chi connectivity index (χ1) is 12.6. The summed E-state index contributed by atoms with van der Waals surface area (Å²) in [5.74, 6) is 0.766. The summed E-state index contributed by atoms with van der Waals surface area (Å²) < 4.78 is 8.20. The second-order valence-electron chi connectivity index (χ2n) is 4.92. The molecule has 3 rings (SSSR count).